The molecule has 3 N–H and O–H groups in total. The molecule has 0 bridgehead atoms. The summed E-state index contributed by atoms with van der Waals surface area (Å²) in [6, 6.07) is 3.48. The smallest absolute Gasteiger partial charge is 0.265 e. The molecule has 0 saturated carbocycles. The topological polar surface area (TPSA) is 68.0 Å². The van der Waals surface area contributed by atoms with E-state index in [0.29, 0.717) is 10.6 Å². The molecule has 0 spiro atoms. The number of rotatable bonds is 2. The number of anilines is 2. The Hall–Kier alpha value is -1.88. The molecule has 2 aromatic rings. The van der Waals surface area contributed by atoms with Gasteiger partial charge in [-0.1, -0.05) is 0 Å². The highest BCUT2D eigenvalue weighted by Gasteiger charge is 2.11. The summed E-state index contributed by atoms with van der Waals surface area (Å²) < 4.78 is 0. The number of thiophene rings is 1. The Balaban J connectivity index is 2.20. The molecule has 2 heterocycles. The highest BCUT2D eigenvalue weighted by molar-refractivity contribution is 7.14. The van der Waals surface area contributed by atoms with Crippen molar-refractivity contribution >= 4 is 28.6 Å². The van der Waals surface area contributed by atoms with Gasteiger partial charge in [0, 0.05) is 28.6 Å². The summed E-state index contributed by atoms with van der Waals surface area (Å²) in [6.07, 6.45) is 3.36. The van der Waals surface area contributed by atoms with Gasteiger partial charge < -0.3 is 11.1 Å². The van der Waals surface area contributed by atoms with Gasteiger partial charge in [0.1, 0.15) is 0 Å². The first kappa shape index (κ1) is 11.6. The minimum absolute atomic E-state index is 0.135. The first-order chi connectivity index (χ1) is 8.08. The number of aromatic nitrogens is 1. The maximum absolute atomic E-state index is 12.0. The van der Waals surface area contributed by atoms with Crippen molar-refractivity contribution < 1.29 is 4.79 Å². The summed E-state index contributed by atoms with van der Waals surface area (Å²) in [5.74, 6) is -0.135. The lowest BCUT2D eigenvalue weighted by Crippen LogP contribution is -2.11. The molecule has 2 rings (SSSR count). The molecule has 0 radical (unpaired) electrons. The van der Waals surface area contributed by atoms with E-state index >= 15 is 0 Å². The number of nitrogen functional groups attached to an aromatic ring is 1. The summed E-state index contributed by atoms with van der Waals surface area (Å²) in [7, 11) is 0. The van der Waals surface area contributed by atoms with Crippen LogP contribution >= 0.6 is 11.3 Å². The van der Waals surface area contributed by atoms with E-state index in [1.165, 1.54) is 11.3 Å². The summed E-state index contributed by atoms with van der Waals surface area (Å²) in [4.78, 5) is 17.5. The molecule has 0 fully saturated rings. The highest BCUT2D eigenvalue weighted by atomic mass is 32.1. The van der Waals surface area contributed by atoms with Crippen LogP contribution in [0.1, 0.15) is 20.1 Å². The predicted octanol–water partition coefficient (Wildman–Crippen LogP) is 2.59. The zero-order chi connectivity index (χ0) is 12.4. The number of amides is 1. The predicted molar refractivity (Wildman–Crippen MR) is 70.4 cm³/mol. The fourth-order valence-electron chi connectivity index (χ4n) is 1.41. The third-order valence-electron chi connectivity index (χ3n) is 2.45. The van der Waals surface area contributed by atoms with Crippen molar-refractivity contribution in [2.75, 3.05) is 11.1 Å². The Morgan fingerprint density at radius 3 is 2.82 bits per heavy atom. The molecular weight excluding hydrogens is 234 g/mol. The minimum Gasteiger partial charge on any atom is -0.398 e. The van der Waals surface area contributed by atoms with Crippen LogP contribution in [0, 0.1) is 13.8 Å². The standard InChI is InChI=1S/C12H13N3OS/c1-7-6-14-4-3-10(7)15-12(16)11-5-9(13)8(2)17-11/h3-6H,13H2,1-2H3,(H,14,15,16). The average Bonchev–Trinajstić information content (AvgIpc) is 2.63. The Morgan fingerprint density at radius 2 is 2.24 bits per heavy atom. The van der Waals surface area contributed by atoms with E-state index in [1.807, 2.05) is 13.8 Å². The molecule has 0 saturated heterocycles. The first-order valence-electron chi connectivity index (χ1n) is 5.16. The van der Waals surface area contributed by atoms with Gasteiger partial charge >= 0.3 is 0 Å². The monoisotopic (exact) mass is 247 g/mol. The lowest BCUT2D eigenvalue weighted by molar-refractivity contribution is 0.103. The molecule has 17 heavy (non-hydrogen) atoms. The Bertz CT molecular complexity index is 543. The van der Waals surface area contributed by atoms with Crippen molar-refractivity contribution in [3.8, 4) is 0 Å². The number of pyridine rings is 1. The maximum atomic E-state index is 12.0. The molecule has 1 amide bonds. The lowest BCUT2D eigenvalue weighted by atomic mass is 10.2. The largest absolute Gasteiger partial charge is 0.398 e. The minimum atomic E-state index is -0.135. The van der Waals surface area contributed by atoms with Gasteiger partial charge in [0.2, 0.25) is 0 Å². The van der Waals surface area contributed by atoms with Gasteiger partial charge in [0.15, 0.2) is 0 Å². The quantitative estimate of drug-likeness (QED) is 0.857. The second kappa shape index (κ2) is 4.55. The Labute approximate surface area is 103 Å². The van der Waals surface area contributed by atoms with Crippen LogP contribution in [0.4, 0.5) is 11.4 Å². The second-order valence-corrected chi connectivity index (χ2v) is 5.02. The van der Waals surface area contributed by atoms with Crippen LogP contribution in [0.3, 0.4) is 0 Å². The molecule has 5 heteroatoms. The molecule has 0 unspecified atom stereocenters. The molecule has 88 valence electrons. The number of nitrogens with one attached hydrogen (secondary N) is 1. The van der Waals surface area contributed by atoms with Crippen molar-refractivity contribution in [2.45, 2.75) is 13.8 Å². The normalized spacial score (nSPS) is 10.2. The van der Waals surface area contributed by atoms with E-state index in [2.05, 4.69) is 10.3 Å². The van der Waals surface area contributed by atoms with Gasteiger partial charge in [-0.05, 0) is 31.5 Å². The molecule has 0 aliphatic carbocycles. The Morgan fingerprint density at radius 1 is 1.47 bits per heavy atom. The number of nitrogens with zero attached hydrogens (tertiary/aromatic N) is 1. The number of carbonyl (C=O) groups excluding carboxylic acids is 1. The molecule has 0 atom stereocenters. The summed E-state index contributed by atoms with van der Waals surface area (Å²) >= 11 is 1.39. The maximum Gasteiger partial charge on any atom is 0.265 e. The molecule has 0 aliphatic rings. The van der Waals surface area contributed by atoms with Crippen LogP contribution in [0.25, 0.3) is 0 Å². The van der Waals surface area contributed by atoms with Gasteiger partial charge in [-0.25, -0.2) is 0 Å². The Kier molecular flexibility index (Phi) is 3.10. The number of carbonyl (C=O) groups is 1. The van der Waals surface area contributed by atoms with Crippen molar-refractivity contribution in [1.29, 1.82) is 0 Å². The van der Waals surface area contributed by atoms with Crippen LogP contribution in [-0.2, 0) is 0 Å². The number of nitrogens with two attached hydrogens (primary N) is 1. The van der Waals surface area contributed by atoms with Gasteiger partial charge in [-0.2, -0.15) is 0 Å². The summed E-state index contributed by atoms with van der Waals surface area (Å²) in [5, 5.41) is 2.84. The average molecular weight is 247 g/mol. The van der Waals surface area contributed by atoms with Crippen LogP contribution in [0.15, 0.2) is 24.5 Å². The highest BCUT2D eigenvalue weighted by Crippen LogP contribution is 2.24. The molecule has 4 nitrogen and oxygen atoms in total. The zero-order valence-electron chi connectivity index (χ0n) is 9.65. The molecule has 0 aliphatic heterocycles. The lowest BCUT2D eigenvalue weighted by Gasteiger charge is -2.05. The van der Waals surface area contributed by atoms with E-state index in [1.54, 1.807) is 24.5 Å². The fourth-order valence-corrected chi connectivity index (χ4v) is 2.24. The second-order valence-electron chi connectivity index (χ2n) is 3.77. The summed E-state index contributed by atoms with van der Waals surface area (Å²) in [5.41, 5.74) is 8.09. The van der Waals surface area contributed by atoms with E-state index in [-0.39, 0.29) is 5.91 Å². The fraction of sp³-hybridized carbons (Fsp3) is 0.167. The van der Waals surface area contributed by atoms with Crippen LogP contribution in [0.5, 0.6) is 0 Å². The van der Waals surface area contributed by atoms with E-state index in [9.17, 15) is 4.79 Å². The summed E-state index contributed by atoms with van der Waals surface area (Å²) in [6.45, 7) is 3.80. The van der Waals surface area contributed by atoms with Crippen molar-refractivity contribution in [3.05, 3.63) is 39.8 Å². The van der Waals surface area contributed by atoms with Gasteiger partial charge in [0.25, 0.3) is 5.91 Å². The molecule has 0 aromatic carbocycles. The zero-order valence-corrected chi connectivity index (χ0v) is 10.5. The van der Waals surface area contributed by atoms with Gasteiger partial charge in [-0.15, -0.1) is 11.3 Å². The van der Waals surface area contributed by atoms with Gasteiger partial charge in [0.05, 0.1) is 4.88 Å². The van der Waals surface area contributed by atoms with Gasteiger partial charge in [-0.3, -0.25) is 9.78 Å². The number of aryl methyl sites for hydroxylation is 2. The van der Waals surface area contributed by atoms with E-state index in [4.69, 9.17) is 5.73 Å². The van der Waals surface area contributed by atoms with Crippen LogP contribution < -0.4 is 11.1 Å². The SMILES string of the molecule is Cc1cnccc1NC(=O)c1cc(N)c(C)s1. The van der Waals surface area contributed by atoms with Crippen molar-refractivity contribution in [3.63, 3.8) is 0 Å². The van der Waals surface area contributed by atoms with E-state index < -0.39 is 0 Å². The van der Waals surface area contributed by atoms with Crippen molar-refractivity contribution in [2.24, 2.45) is 0 Å². The number of hydrogen-bond donors (Lipinski definition) is 2. The first-order valence-corrected chi connectivity index (χ1v) is 5.97. The number of hydrogen-bond acceptors (Lipinski definition) is 4. The molecular formula is C12H13N3OS. The third-order valence-corrected chi connectivity index (χ3v) is 3.51. The van der Waals surface area contributed by atoms with Crippen LogP contribution in [-0.4, -0.2) is 10.9 Å². The third kappa shape index (κ3) is 2.45. The van der Waals surface area contributed by atoms with E-state index in [0.717, 1.165) is 16.1 Å². The molecule has 2 aromatic heterocycles. The van der Waals surface area contributed by atoms with Crippen molar-refractivity contribution in [1.82, 2.24) is 4.98 Å². The van der Waals surface area contributed by atoms with Crippen LogP contribution in [0.2, 0.25) is 0 Å².